The number of hydrogen-bond acceptors (Lipinski definition) is 4. The van der Waals surface area contributed by atoms with Crippen molar-refractivity contribution >= 4 is 33.3 Å². The molecule has 112 valence electrons. The molecule has 0 saturated heterocycles. The minimum absolute atomic E-state index is 0.0813. The Hall–Kier alpha value is -1.92. The van der Waals surface area contributed by atoms with Crippen molar-refractivity contribution in [2.45, 2.75) is 17.5 Å². The first kappa shape index (κ1) is 15.0. The van der Waals surface area contributed by atoms with Crippen molar-refractivity contribution in [3.63, 3.8) is 0 Å². The first-order chi connectivity index (χ1) is 10.7. The lowest BCUT2D eigenvalue weighted by Crippen LogP contribution is -2.22. The zero-order valence-electron chi connectivity index (χ0n) is 11.7. The summed E-state index contributed by atoms with van der Waals surface area (Å²) in [5, 5.41) is 3.05. The number of thiophene rings is 1. The summed E-state index contributed by atoms with van der Waals surface area (Å²) in [6.07, 6.45) is 1.66. The molecule has 0 radical (unpaired) electrons. The summed E-state index contributed by atoms with van der Waals surface area (Å²) in [4.78, 5) is 17.7. The number of hydrogen-bond donors (Lipinski definition) is 0. The molecule has 2 aromatic heterocycles. The molecule has 0 N–H and O–H groups in total. The summed E-state index contributed by atoms with van der Waals surface area (Å²) in [6, 6.07) is 8.41. The lowest BCUT2D eigenvalue weighted by molar-refractivity contribution is 0.617. The highest BCUT2D eigenvalue weighted by Crippen LogP contribution is 2.25. The van der Waals surface area contributed by atoms with Crippen molar-refractivity contribution in [3.05, 3.63) is 70.1 Å². The van der Waals surface area contributed by atoms with E-state index in [1.54, 1.807) is 34.9 Å². The Morgan fingerprint density at radius 2 is 2.18 bits per heavy atom. The number of rotatable bonds is 5. The molecule has 0 aliphatic heterocycles. The molecule has 3 rings (SSSR count). The highest BCUT2D eigenvalue weighted by Gasteiger charge is 2.12. The molecule has 0 fully saturated rings. The van der Waals surface area contributed by atoms with Gasteiger partial charge in [-0.2, -0.15) is 0 Å². The van der Waals surface area contributed by atoms with Gasteiger partial charge in [-0.1, -0.05) is 36.0 Å². The van der Waals surface area contributed by atoms with E-state index in [0.29, 0.717) is 33.2 Å². The van der Waals surface area contributed by atoms with Crippen LogP contribution in [-0.4, -0.2) is 9.55 Å². The third-order valence-corrected chi connectivity index (χ3v) is 5.01. The SMILES string of the molecule is C=CCn1c(SCc2ccccc2F)nc2sccc2c1=O. The van der Waals surface area contributed by atoms with E-state index in [0.717, 1.165) is 0 Å². The molecule has 0 saturated carbocycles. The molecule has 0 aliphatic rings. The van der Waals surface area contributed by atoms with Gasteiger partial charge < -0.3 is 0 Å². The van der Waals surface area contributed by atoms with E-state index in [-0.39, 0.29) is 11.4 Å². The van der Waals surface area contributed by atoms with Gasteiger partial charge in [0.25, 0.3) is 5.56 Å². The lowest BCUT2D eigenvalue weighted by Gasteiger charge is -2.10. The molecule has 0 atom stereocenters. The minimum Gasteiger partial charge on any atom is -0.283 e. The maximum atomic E-state index is 13.7. The summed E-state index contributed by atoms with van der Waals surface area (Å²) >= 11 is 2.79. The molecule has 0 spiro atoms. The molecule has 2 heterocycles. The Morgan fingerprint density at radius 3 is 2.95 bits per heavy atom. The number of nitrogens with zero attached hydrogens (tertiary/aromatic N) is 2. The number of halogens is 1. The fraction of sp³-hybridized carbons (Fsp3) is 0.125. The monoisotopic (exact) mass is 332 g/mol. The van der Waals surface area contributed by atoms with Crippen LogP contribution in [0.4, 0.5) is 4.39 Å². The molecule has 0 unspecified atom stereocenters. The summed E-state index contributed by atoms with van der Waals surface area (Å²) in [5.74, 6) is 0.178. The molecule has 0 bridgehead atoms. The summed E-state index contributed by atoms with van der Waals surface area (Å²) < 4.78 is 15.3. The van der Waals surface area contributed by atoms with Crippen molar-refractivity contribution in [1.29, 1.82) is 0 Å². The zero-order chi connectivity index (χ0) is 15.5. The number of aromatic nitrogens is 2. The number of fused-ring (bicyclic) bond motifs is 1. The number of benzene rings is 1. The fourth-order valence-electron chi connectivity index (χ4n) is 2.09. The number of thioether (sulfide) groups is 1. The van der Waals surface area contributed by atoms with Crippen molar-refractivity contribution in [3.8, 4) is 0 Å². The summed E-state index contributed by atoms with van der Waals surface area (Å²) in [6.45, 7) is 4.07. The molecular formula is C16H13FN2OS2. The largest absolute Gasteiger partial charge is 0.283 e. The molecule has 3 nitrogen and oxygen atoms in total. The quantitative estimate of drug-likeness (QED) is 0.401. The van der Waals surface area contributed by atoms with Crippen LogP contribution < -0.4 is 5.56 Å². The Bertz CT molecular complexity index is 885. The van der Waals surface area contributed by atoms with Gasteiger partial charge in [-0.3, -0.25) is 9.36 Å². The summed E-state index contributed by atoms with van der Waals surface area (Å²) in [7, 11) is 0. The van der Waals surface area contributed by atoms with Crippen LogP contribution in [0.15, 0.2) is 58.3 Å². The highest BCUT2D eigenvalue weighted by molar-refractivity contribution is 7.98. The van der Waals surface area contributed by atoms with Crippen LogP contribution in [0, 0.1) is 5.82 Å². The lowest BCUT2D eigenvalue weighted by atomic mass is 10.2. The predicted molar refractivity (Wildman–Crippen MR) is 90.0 cm³/mol. The molecule has 0 aliphatic carbocycles. The average Bonchev–Trinajstić information content (AvgIpc) is 2.98. The van der Waals surface area contributed by atoms with Gasteiger partial charge >= 0.3 is 0 Å². The first-order valence-corrected chi connectivity index (χ1v) is 8.52. The van der Waals surface area contributed by atoms with Gasteiger partial charge in [-0.15, -0.1) is 17.9 Å². The maximum Gasteiger partial charge on any atom is 0.263 e. The first-order valence-electron chi connectivity index (χ1n) is 6.66. The van der Waals surface area contributed by atoms with Gasteiger partial charge in [0.15, 0.2) is 5.16 Å². The standard InChI is InChI=1S/C16H13FN2OS2/c1-2-8-19-15(20)12-7-9-21-14(12)18-16(19)22-10-11-5-3-4-6-13(11)17/h2-7,9H,1,8,10H2. The van der Waals surface area contributed by atoms with E-state index in [1.165, 1.54) is 29.2 Å². The topological polar surface area (TPSA) is 34.9 Å². The Labute approximate surface area is 135 Å². The van der Waals surface area contributed by atoms with Crippen molar-refractivity contribution in [2.24, 2.45) is 0 Å². The minimum atomic E-state index is -0.246. The van der Waals surface area contributed by atoms with E-state index >= 15 is 0 Å². The second-order valence-corrected chi connectivity index (χ2v) is 6.46. The van der Waals surface area contributed by atoms with Crippen LogP contribution >= 0.6 is 23.1 Å². The van der Waals surface area contributed by atoms with Crippen molar-refractivity contribution in [1.82, 2.24) is 9.55 Å². The van der Waals surface area contributed by atoms with Crippen LogP contribution in [0.1, 0.15) is 5.56 Å². The second-order valence-electron chi connectivity index (χ2n) is 4.62. The van der Waals surface area contributed by atoms with E-state index in [2.05, 4.69) is 11.6 Å². The average molecular weight is 332 g/mol. The van der Waals surface area contributed by atoms with Gasteiger partial charge in [-0.25, -0.2) is 9.37 Å². The zero-order valence-corrected chi connectivity index (χ0v) is 13.3. The Kier molecular flexibility index (Phi) is 4.40. The Morgan fingerprint density at radius 1 is 1.36 bits per heavy atom. The van der Waals surface area contributed by atoms with Crippen LogP contribution in [-0.2, 0) is 12.3 Å². The van der Waals surface area contributed by atoms with Gasteiger partial charge in [0.1, 0.15) is 10.6 Å². The van der Waals surface area contributed by atoms with Crippen LogP contribution in [0.2, 0.25) is 0 Å². The third-order valence-electron chi connectivity index (χ3n) is 3.17. The van der Waals surface area contributed by atoms with E-state index in [1.807, 2.05) is 5.38 Å². The normalized spacial score (nSPS) is 11.0. The van der Waals surface area contributed by atoms with Gasteiger partial charge in [-0.05, 0) is 23.1 Å². The predicted octanol–water partition coefficient (Wildman–Crippen LogP) is 4.08. The highest BCUT2D eigenvalue weighted by atomic mass is 32.2. The van der Waals surface area contributed by atoms with Gasteiger partial charge in [0, 0.05) is 12.3 Å². The van der Waals surface area contributed by atoms with Gasteiger partial charge in [0.05, 0.1) is 5.39 Å². The second kappa shape index (κ2) is 6.46. The summed E-state index contributed by atoms with van der Waals surface area (Å²) in [5.41, 5.74) is 0.514. The fourth-order valence-corrected chi connectivity index (χ4v) is 3.89. The van der Waals surface area contributed by atoms with Crippen LogP contribution in [0.5, 0.6) is 0 Å². The Balaban J connectivity index is 1.98. The molecular weight excluding hydrogens is 319 g/mol. The van der Waals surface area contributed by atoms with Crippen LogP contribution in [0.25, 0.3) is 10.2 Å². The van der Waals surface area contributed by atoms with Gasteiger partial charge in [0.2, 0.25) is 0 Å². The number of allylic oxidation sites excluding steroid dienone is 1. The third kappa shape index (κ3) is 2.84. The van der Waals surface area contributed by atoms with E-state index in [4.69, 9.17) is 0 Å². The molecule has 1 aromatic carbocycles. The molecule has 6 heteroatoms. The van der Waals surface area contributed by atoms with Crippen LogP contribution in [0.3, 0.4) is 0 Å². The molecule has 3 aromatic rings. The van der Waals surface area contributed by atoms with Crippen molar-refractivity contribution < 1.29 is 4.39 Å². The maximum absolute atomic E-state index is 13.7. The molecule has 0 amide bonds. The van der Waals surface area contributed by atoms with E-state index < -0.39 is 0 Å². The van der Waals surface area contributed by atoms with Crippen molar-refractivity contribution in [2.75, 3.05) is 0 Å². The molecule has 22 heavy (non-hydrogen) atoms. The van der Waals surface area contributed by atoms with E-state index in [9.17, 15) is 9.18 Å². The smallest absolute Gasteiger partial charge is 0.263 e.